The lowest BCUT2D eigenvalue weighted by Crippen LogP contribution is -2.02. The molecule has 2 aromatic rings. The quantitative estimate of drug-likeness (QED) is 0.812. The van der Waals surface area contributed by atoms with Crippen molar-refractivity contribution < 1.29 is 9.13 Å². The molecule has 20 heavy (non-hydrogen) atoms. The third-order valence-electron chi connectivity index (χ3n) is 2.36. The zero-order valence-electron chi connectivity index (χ0n) is 10.9. The molecule has 1 heterocycles. The van der Waals surface area contributed by atoms with Crippen LogP contribution in [-0.4, -0.2) is 16.5 Å². The van der Waals surface area contributed by atoms with Crippen molar-refractivity contribution in [2.45, 2.75) is 13.8 Å². The largest absolute Gasteiger partial charge is 0.438 e. The van der Waals surface area contributed by atoms with Gasteiger partial charge in [0.25, 0.3) is 0 Å². The first-order valence-corrected chi connectivity index (χ1v) is 7.08. The molecular weight excluding hydrogens is 349 g/mol. The van der Waals surface area contributed by atoms with Crippen LogP contribution in [0.5, 0.6) is 11.6 Å². The van der Waals surface area contributed by atoms with Gasteiger partial charge >= 0.3 is 0 Å². The van der Waals surface area contributed by atoms with Gasteiger partial charge in [-0.2, -0.15) is 4.98 Å². The molecule has 7 heteroatoms. The fraction of sp³-hybridized carbons (Fsp3) is 0.231. The molecule has 0 fully saturated rings. The van der Waals surface area contributed by atoms with Crippen LogP contribution in [0.4, 0.5) is 10.2 Å². The molecule has 0 bridgehead atoms. The number of benzene rings is 1. The van der Waals surface area contributed by atoms with Crippen LogP contribution in [0.1, 0.15) is 12.7 Å². The van der Waals surface area contributed by atoms with Gasteiger partial charge in [0.15, 0.2) is 0 Å². The summed E-state index contributed by atoms with van der Waals surface area (Å²) in [4.78, 5) is 8.37. The summed E-state index contributed by atoms with van der Waals surface area (Å²) in [5.74, 6) is 1.29. The molecule has 0 aliphatic carbocycles. The van der Waals surface area contributed by atoms with Gasteiger partial charge in [0.2, 0.25) is 5.88 Å². The van der Waals surface area contributed by atoms with Crippen molar-refractivity contribution in [3.63, 3.8) is 0 Å². The maximum absolute atomic E-state index is 13.5. The van der Waals surface area contributed by atoms with E-state index in [2.05, 4.69) is 31.2 Å². The Hall–Kier alpha value is -1.40. The maximum Gasteiger partial charge on any atom is 0.224 e. The molecule has 0 aliphatic rings. The van der Waals surface area contributed by atoms with E-state index in [0.29, 0.717) is 27.7 Å². The van der Waals surface area contributed by atoms with E-state index < -0.39 is 5.82 Å². The van der Waals surface area contributed by atoms with Crippen molar-refractivity contribution in [3.05, 3.63) is 39.3 Å². The van der Waals surface area contributed by atoms with Crippen molar-refractivity contribution in [1.82, 2.24) is 9.97 Å². The monoisotopic (exact) mass is 359 g/mol. The molecule has 0 spiro atoms. The Balaban J connectivity index is 2.32. The fourth-order valence-corrected chi connectivity index (χ4v) is 2.28. The van der Waals surface area contributed by atoms with Crippen LogP contribution >= 0.6 is 27.5 Å². The summed E-state index contributed by atoms with van der Waals surface area (Å²) in [6.45, 7) is 4.45. The second-order valence-electron chi connectivity index (χ2n) is 3.97. The molecule has 4 nitrogen and oxygen atoms in total. The predicted octanol–water partition coefficient (Wildman–Crippen LogP) is 4.56. The summed E-state index contributed by atoms with van der Waals surface area (Å²) in [6.07, 6.45) is 0. The van der Waals surface area contributed by atoms with E-state index in [0.717, 1.165) is 6.54 Å². The Morgan fingerprint density at radius 2 is 2.10 bits per heavy atom. The number of aryl methyl sites for hydroxylation is 1. The summed E-state index contributed by atoms with van der Waals surface area (Å²) in [5, 5.41) is 3.10. The van der Waals surface area contributed by atoms with E-state index in [4.69, 9.17) is 16.3 Å². The van der Waals surface area contributed by atoms with Crippen LogP contribution in [0.25, 0.3) is 0 Å². The Bertz CT molecular complexity index is 639. The molecule has 0 radical (unpaired) electrons. The van der Waals surface area contributed by atoms with Gasteiger partial charge in [-0.1, -0.05) is 11.6 Å². The second-order valence-corrected chi connectivity index (χ2v) is 5.23. The normalized spacial score (nSPS) is 10.4. The van der Waals surface area contributed by atoms with Crippen molar-refractivity contribution >= 4 is 33.3 Å². The van der Waals surface area contributed by atoms with Gasteiger partial charge in [-0.25, -0.2) is 9.37 Å². The Morgan fingerprint density at radius 3 is 2.80 bits per heavy atom. The highest BCUT2D eigenvalue weighted by Crippen LogP contribution is 2.33. The number of rotatable bonds is 4. The van der Waals surface area contributed by atoms with Gasteiger partial charge in [-0.3, -0.25) is 0 Å². The molecule has 0 saturated heterocycles. The molecule has 0 aliphatic heterocycles. The third kappa shape index (κ3) is 3.58. The van der Waals surface area contributed by atoms with E-state index in [1.54, 1.807) is 13.0 Å². The van der Waals surface area contributed by atoms with Gasteiger partial charge in [0.1, 0.15) is 23.2 Å². The molecule has 0 amide bonds. The highest BCUT2D eigenvalue weighted by atomic mass is 79.9. The SMILES string of the molecule is CCNc1cc(Oc2cc(F)c(Cl)cc2Br)nc(C)n1. The van der Waals surface area contributed by atoms with Crippen molar-refractivity contribution in [2.24, 2.45) is 0 Å². The van der Waals surface area contributed by atoms with Crippen LogP contribution in [0.15, 0.2) is 22.7 Å². The van der Waals surface area contributed by atoms with Gasteiger partial charge < -0.3 is 10.1 Å². The Morgan fingerprint density at radius 1 is 1.35 bits per heavy atom. The van der Waals surface area contributed by atoms with E-state index in [-0.39, 0.29) is 5.02 Å². The number of aromatic nitrogens is 2. The smallest absolute Gasteiger partial charge is 0.224 e. The first-order valence-electron chi connectivity index (χ1n) is 5.91. The summed E-state index contributed by atoms with van der Waals surface area (Å²) in [5.41, 5.74) is 0. The third-order valence-corrected chi connectivity index (χ3v) is 3.27. The second kappa shape index (κ2) is 6.37. The van der Waals surface area contributed by atoms with Gasteiger partial charge in [0.05, 0.1) is 9.50 Å². The van der Waals surface area contributed by atoms with E-state index >= 15 is 0 Å². The summed E-state index contributed by atoms with van der Waals surface area (Å²) >= 11 is 8.96. The number of anilines is 1. The minimum absolute atomic E-state index is 0.0245. The van der Waals surface area contributed by atoms with Gasteiger partial charge in [0, 0.05) is 18.7 Å². The number of hydrogen-bond acceptors (Lipinski definition) is 4. The minimum Gasteiger partial charge on any atom is -0.438 e. The van der Waals surface area contributed by atoms with Crippen molar-refractivity contribution in [3.8, 4) is 11.6 Å². The minimum atomic E-state index is -0.553. The van der Waals surface area contributed by atoms with Crippen molar-refractivity contribution in [2.75, 3.05) is 11.9 Å². The number of hydrogen-bond donors (Lipinski definition) is 1. The summed E-state index contributed by atoms with van der Waals surface area (Å²) in [6, 6.07) is 4.29. The van der Waals surface area contributed by atoms with Gasteiger partial charge in [-0.15, -0.1) is 0 Å². The van der Waals surface area contributed by atoms with Gasteiger partial charge in [-0.05, 0) is 35.8 Å². The Labute approximate surface area is 129 Å². The lowest BCUT2D eigenvalue weighted by atomic mass is 10.3. The first-order chi connectivity index (χ1) is 9.49. The molecular formula is C13H12BrClFN3O. The van der Waals surface area contributed by atoms with Crippen LogP contribution < -0.4 is 10.1 Å². The number of ether oxygens (including phenoxy) is 1. The van der Waals surface area contributed by atoms with E-state index in [9.17, 15) is 4.39 Å². The van der Waals surface area contributed by atoms with Crippen LogP contribution in [0.2, 0.25) is 5.02 Å². The molecule has 0 saturated carbocycles. The zero-order valence-corrected chi connectivity index (χ0v) is 13.2. The van der Waals surface area contributed by atoms with Crippen molar-refractivity contribution in [1.29, 1.82) is 0 Å². The van der Waals surface area contributed by atoms with Crippen LogP contribution in [0, 0.1) is 12.7 Å². The lowest BCUT2D eigenvalue weighted by Gasteiger charge is -2.10. The predicted molar refractivity (Wildman–Crippen MR) is 80.1 cm³/mol. The standard InChI is InChI=1S/C13H12BrClFN3O/c1-3-17-12-6-13(19-7(2)18-12)20-11-5-10(16)9(15)4-8(11)14/h4-6H,3H2,1-2H3,(H,17,18,19). The lowest BCUT2D eigenvalue weighted by molar-refractivity contribution is 0.452. The Kier molecular flexibility index (Phi) is 4.77. The molecule has 2 rings (SSSR count). The number of nitrogens with zero attached hydrogens (tertiary/aromatic N) is 2. The highest BCUT2D eigenvalue weighted by molar-refractivity contribution is 9.10. The average Bonchev–Trinajstić information content (AvgIpc) is 2.35. The molecule has 0 atom stereocenters. The first kappa shape index (κ1) is 15.0. The van der Waals surface area contributed by atoms with Crippen LogP contribution in [-0.2, 0) is 0 Å². The molecule has 1 aromatic heterocycles. The zero-order chi connectivity index (χ0) is 14.7. The highest BCUT2D eigenvalue weighted by Gasteiger charge is 2.10. The summed E-state index contributed by atoms with van der Waals surface area (Å²) in [7, 11) is 0. The fourth-order valence-electron chi connectivity index (χ4n) is 1.56. The number of nitrogens with one attached hydrogen (secondary N) is 1. The number of halogens is 3. The van der Waals surface area contributed by atoms with Crippen LogP contribution in [0.3, 0.4) is 0 Å². The molecule has 0 unspecified atom stereocenters. The van der Waals surface area contributed by atoms with E-state index in [1.807, 2.05) is 6.92 Å². The molecule has 1 N–H and O–H groups in total. The topological polar surface area (TPSA) is 47.0 Å². The molecule has 1 aromatic carbocycles. The molecule has 106 valence electrons. The maximum atomic E-state index is 13.5. The van der Waals surface area contributed by atoms with E-state index in [1.165, 1.54) is 12.1 Å². The summed E-state index contributed by atoms with van der Waals surface area (Å²) < 4.78 is 19.6. The average molecular weight is 361 g/mol.